The summed E-state index contributed by atoms with van der Waals surface area (Å²) in [5, 5.41) is 0. The van der Waals surface area contributed by atoms with E-state index in [4.69, 9.17) is 14.2 Å². The van der Waals surface area contributed by atoms with Crippen LogP contribution in [0.1, 0.15) is 20.1 Å². The number of nitrogens with one attached hydrogen (secondary N) is 1. The number of H-pyrrole nitrogens is 1. The number of nitrogens with zero attached hydrogens (tertiary/aromatic N) is 1. The van der Waals surface area contributed by atoms with Crippen molar-refractivity contribution >= 4 is 11.9 Å². The number of carbonyl (C=O) groups is 2. The van der Waals surface area contributed by atoms with Crippen LogP contribution in [0.2, 0.25) is 0 Å². The van der Waals surface area contributed by atoms with E-state index >= 15 is 0 Å². The van der Waals surface area contributed by atoms with Crippen molar-refractivity contribution in [2.24, 2.45) is 0 Å². The van der Waals surface area contributed by atoms with E-state index < -0.39 is 47.8 Å². The van der Waals surface area contributed by atoms with Crippen LogP contribution in [0, 0.1) is 0 Å². The minimum atomic E-state index is -1.89. The maximum absolute atomic E-state index is 14.6. The summed E-state index contributed by atoms with van der Waals surface area (Å²) in [4.78, 5) is 46.8. The highest BCUT2D eigenvalue weighted by Crippen LogP contribution is 2.33. The Labute approximate surface area is 129 Å². The van der Waals surface area contributed by atoms with Gasteiger partial charge in [-0.2, -0.15) is 0 Å². The van der Waals surface area contributed by atoms with Crippen molar-refractivity contribution in [1.82, 2.24) is 9.55 Å². The van der Waals surface area contributed by atoms with E-state index in [0.717, 1.165) is 30.7 Å². The SMILES string of the molecule is CC(=O)OCC1OC(n2ccc(=O)[nH]c2=O)C(F)C1OC(C)=O. The number of carbonyl (C=O) groups excluding carboxylic acids is 2. The Kier molecular flexibility index (Phi) is 4.94. The zero-order chi connectivity index (χ0) is 17.1. The van der Waals surface area contributed by atoms with Crippen LogP contribution >= 0.6 is 0 Å². The molecule has 1 saturated heterocycles. The number of aromatic amines is 1. The molecule has 0 radical (unpaired) electrons. The van der Waals surface area contributed by atoms with E-state index in [2.05, 4.69) is 0 Å². The lowest BCUT2D eigenvalue weighted by molar-refractivity contribution is -0.156. The van der Waals surface area contributed by atoms with Crippen molar-refractivity contribution in [3.63, 3.8) is 0 Å². The van der Waals surface area contributed by atoms with Crippen LogP contribution in [0.3, 0.4) is 0 Å². The highest BCUT2D eigenvalue weighted by molar-refractivity contribution is 5.66. The van der Waals surface area contributed by atoms with Gasteiger partial charge in [-0.15, -0.1) is 0 Å². The Morgan fingerprint density at radius 3 is 2.61 bits per heavy atom. The molecule has 1 aromatic heterocycles. The fourth-order valence-electron chi connectivity index (χ4n) is 2.21. The molecular weight excluding hydrogens is 315 g/mol. The number of aromatic nitrogens is 2. The van der Waals surface area contributed by atoms with Crippen LogP contribution in [0.15, 0.2) is 21.9 Å². The zero-order valence-electron chi connectivity index (χ0n) is 12.4. The first-order valence-corrected chi connectivity index (χ1v) is 6.71. The zero-order valence-corrected chi connectivity index (χ0v) is 12.4. The van der Waals surface area contributed by atoms with Gasteiger partial charge in [0.2, 0.25) is 0 Å². The monoisotopic (exact) mass is 330 g/mol. The molecule has 2 heterocycles. The summed E-state index contributed by atoms with van der Waals surface area (Å²) in [6, 6.07) is 1.03. The molecule has 0 aliphatic carbocycles. The number of hydrogen-bond acceptors (Lipinski definition) is 7. The van der Waals surface area contributed by atoms with Crippen molar-refractivity contribution < 1.29 is 28.2 Å². The molecular formula is C13H15FN2O7. The lowest BCUT2D eigenvalue weighted by Gasteiger charge is -2.18. The maximum atomic E-state index is 14.6. The van der Waals surface area contributed by atoms with E-state index in [1.807, 2.05) is 4.98 Å². The van der Waals surface area contributed by atoms with Gasteiger partial charge >= 0.3 is 17.6 Å². The van der Waals surface area contributed by atoms with Crippen LogP contribution in [0.5, 0.6) is 0 Å². The van der Waals surface area contributed by atoms with E-state index in [-0.39, 0.29) is 6.61 Å². The molecule has 9 nitrogen and oxygen atoms in total. The fraction of sp³-hybridized carbons (Fsp3) is 0.538. The van der Waals surface area contributed by atoms with Gasteiger partial charge in [-0.25, -0.2) is 9.18 Å². The lowest BCUT2D eigenvalue weighted by atomic mass is 10.1. The second-order valence-corrected chi connectivity index (χ2v) is 4.90. The summed E-state index contributed by atoms with van der Waals surface area (Å²) in [6.45, 7) is 1.91. The molecule has 4 atom stereocenters. The van der Waals surface area contributed by atoms with Crippen molar-refractivity contribution in [2.75, 3.05) is 6.61 Å². The summed E-state index contributed by atoms with van der Waals surface area (Å²) in [5.74, 6) is -1.36. The third kappa shape index (κ3) is 3.83. The molecule has 2 rings (SSSR count). The Balaban J connectivity index is 2.27. The maximum Gasteiger partial charge on any atom is 0.330 e. The highest BCUT2D eigenvalue weighted by Gasteiger charge is 2.49. The normalized spacial score (nSPS) is 26.7. The number of alkyl halides is 1. The van der Waals surface area contributed by atoms with Crippen LogP contribution in [0.4, 0.5) is 4.39 Å². The van der Waals surface area contributed by atoms with Crippen LogP contribution in [-0.2, 0) is 23.8 Å². The third-order valence-electron chi connectivity index (χ3n) is 3.15. The van der Waals surface area contributed by atoms with Crippen LogP contribution in [-0.4, -0.2) is 46.5 Å². The molecule has 4 unspecified atom stereocenters. The minimum absolute atomic E-state index is 0.345. The van der Waals surface area contributed by atoms with Gasteiger partial charge in [0, 0.05) is 26.1 Å². The first-order chi connectivity index (χ1) is 10.8. The quantitative estimate of drug-likeness (QED) is 0.723. The van der Waals surface area contributed by atoms with Gasteiger partial charge in [0.25, 0.3) is 5.56 Å². The average Bonchev–Trinajstić information content (AvgIpc) is 2.73. The third-order valence-corrected chi connectivity index (χ3v) is 3.15. The first kappa shape index (κ1) is 16.9. The smallest absolute Gasteiger partial charge is 0.330 e. The molecule has 1 N–H and O–H groups in total. The number of rotatable bonds is 4. The summed E-state index contributed by atoms with van der Waals surface area (Å²) in [5.41, 5.74) is -1.52. The second-order valence-electron chi connectivity index (χ2n) is 4.90. The molecule has 126 valence electrons. The average molecular weight is 330 g/mol. The van der Waals surface area contributed by atoms with Gasteiger partial charge in [0.1, 0.15) is 12.7 Å². The van der Waals surface area contributed by atoms with Gasteiger partial charge in [0.15, 0.2) is 18.5 Å². The molecule has 0 bridgehead atoms. The van der Waals surface area contributed by atoms with Crippen LogP contribution < -0.4 is 11.2 Å². The molecule has 0 spiro atoms. The fourth-order valence-corrected chi connectivity index (χ4v) is 2.21. The first-order valence-electron chi connectivity index (χ1n) is 6.71. The molecule has 1 aliphatic rings. The molecule has 0 aromatic carbocycles. The van der Waals surface area contributed by atoms with E-state index in [0.29, 0.717) is 0 Å². The van der Waals surface area contributed by atoms with Crippen molar-refractivity contribution in [1.29, 1.82) is 0 Å². The van der Waals surface area contributed by atoms with Gasteiger partial charge in [-0.1, -0.05) is 0 Å². The predicted octanol–water partition coefficient (Wildman–Crippen LogP) is -0.733. The molecule has 1 fully saturated rings. The summed E-state index contributed by atoms with van der Waals surface area (Å²) >= 11 is 0. The van der Waals surface area contributed by atoms with Gasteiger partial charge in [0.05, 0.1) is 0 Å². The Hall–Kier alpha value is -2.49. The van der Waals surface area contributed by atoms with Gasteiger partial charge in [-0.05, 0) is 0 Å². The lowest BCUT2D eigenvalue weighted by Crippen LogP contribution is -2.37. The molecule has 1 aromatic rings. The van der Waals surface area contributed by atoms with Gasteiger partial charge < -0.3 is 14.2 Å². The Morgan fingerprint density at radius 1 is 1.35 bits per heavy atom. The highest BCUT2D eigenvalue weighted by atomic mass is 19.1. The van der Waals surface area contributed by atoms with Crippen molar-refractivity contribution in [2.45, 2.75) is 38.5 Å². The topological polar surface area (TPSA) is 117 Å². The molecule has 0 amide bonds. The number of ether oxygens (including phenoxy) is 3. The number of esters is 2. The largest absolute Gasteiger partial charge is 0.463 e. The molecule has 1 aliphatic heterocycles. The van der Waals surface area contributed by atoms with Crippen molar-refractivity contribution in [3.8, 4) is 0 Å². The van der Waals surface area contributed by atoms with E-state index in [1.54, 1.807) is 0 Å². The summed E-state index contributed by atoms with van der Waals surface area (Å²) < 4.78 is 30.4. The standard InChI is InChI=1S/C13H15FN2O7/c1-6(17)21-5-8-11(22-7(2)18)10(14)12(23-8)16-4-3-9(19)15-13(16)20/h3-4,8,10-12H,5H2,1-2H3,(H,15,19,20). The summed E-state index contributed by atoms with van der Waals surface area (Å²) in [6.07, 6.45) is -4.68. The number of hydrogen-bond donors (Lipinski definition) is 1. The second kappa shape index (κ2) is 6.73. The van der Waals surface area contributed by atoms with E-state index in [1.165, 1.54) is 0 Å². The molecule has 10 heteroatoms. The molecule has 23 heavy (non-hydrogen) atoms. The molecule has 0 saturated carbocycles. The van der Waals surface area contributed by atoms with Crippen molar-refractivity contribution in [3.05, 3.63) is 33.1 Å². The Bertz CT molecular complexity index is 713. The van der Waals surface area contributed by atoms with Gasteiger partial charge in [-0.3, -0.25) is 23.9 Å². The van der Waals surface area contributed by atoms with Crippen LogP contribution in [0.25, 0.3) is 0 Å². The summed E-state index contributed by atoms with van der Waals surface area (Å²) in [7, 11) is 0. The minimum Gasteiger partial charge on any atom is -0.463 e. The van der Waals surface area contributed by atoms with E-state index in [9.17, 15) is 23.6 Å². The Morgan fingerprint density at radius 2 is 2.04 bits per heavy atom. The predicted molar refractivity (Wildman–Crippen MR) is 72.3 cm³/mol. The number of halogens is 1.